The molecule has 0 N–H and O–H groups in total. The van der Waals surface area contributed by atoms with Crippen LogP contribution in [0.15, 0.2) is 135 Å². The second-order valence-electron chi connectivity index (χ2n) is 9.55. The average Bonchev–Trinajstić information content (AvgIpc) is 3.58. The molecule has 8 rings (SSSR count). The van der Waals surface area contributed by atoms with Crippen molar-refractivity contribution in [1.82, 2.24) is 9.97 Å². The van der Waals surface area contributed by atoms with Crippen molar-refractivity contribution in [1.29, 1.82) is 0 Å². The van der Waals surface area contributed by atoms with E-state index in [1.807, 2.05) is 103 Å². The maximum atomic E-state index is 10.9. The first-order valence-corrected chi connectivity index (χ1v) is 13.8. The van der Waals surface area contributed by atoms with Crippen LogP contribution in [0.5, 0.6) is 0 Å². The molecule has 0 atom stereocenters. The topological polar surface area (TPSA) is 69.1 Å². The highest BCUT2D eigenvalue weighted by atomic mass is 79.9. The van der Waals surface area contributed by atoms with Gasteiger partial charge in [0.25, 0.3) is 0 Å². The van der Waals surface area contributed by atoms with E-state index in [-0.39, 0.29) is 0 Å². The van der Waals surface area contributed by atoms with E-state index in [2.05, 4.69) is 38.0 Å². The highest BCUT2D eigenvalue weighted by Gasteiger charge is 2.11. The number of pyridine rings is 2. The Morgan fingerprint density at radius 1 is 0.537 bits per heavy atom. The first kappa shape index (κ1) is 24.9. The number of carbonyl (C=O) groups is 1. The molecule has 5 nitrogen and oxygen atoms in total. The molecule has 6 heteroatoms. The molecule has 0 spiro atoms. The van der Waals surface area contributed by atoms with Crippen molar-refractivity contribution < 1.29 is 13.6 Å². The van der Waals surface area contributed by atoms with Gasteiger partial charge >= 0.3 is 0 Å². The highest BCUT2D eigenvalue weighted by molar-refractivity contribution is 9.10. The van der Waals surface area contributed by atoms with Crippen LogP contribution in [-0.4, -0.2) is 16.3 Å². The maximum Gasteiger partial charge on any atom is 0.227 e. The van der Waals surface area contributed by atoms with Crippen molar-refractivity contribution in [3.63, 3.8) is 0 Å². The predicted molar refractivity (Wildman–Crippen MR) is 167 cm³/mol. The number of aldehydes is 1. The summed E-state index contributed by atoms with van der Waals surface area (Å²) in [6.07, 6.45) is 0.837. The lowest BCUT2D eigenvalue weighted by Crippen LogP contribution is -1.82. The fourth-order valence-electron chi connectivity index (χ4n) is 4.92. The zero-order valence-electron chi connectivity index (χ0n) is 21.6. The standard InChI is InChI=1S/C18H11NO2.C17H10BrNO/c20-11-12-6-9-17-15(10-12)14-7-8-16(19-18(14)21-17)13-4-2-1-3-5-13;18-12-6-9-16-14(10-12)13-7-8-15(19-17(13)20-16)11-4-2-1-3-5-11/h1-11H;1-10H. The van der Waals surface area contributed by atoms with Crippen LogP contribution in [0.2, 0.25) is 0 Å². The molecule has 196 valence electrons. The molecular formula is C35H21BrN2O3. The van der Waals surface area contributed by atoms with Crippen LogP contribution in [-0.2, 0) is 0 Å². The lowest BCUT2D eigenvalue weighted by Gasteiger charge is -1.99. The van der Waals surface area contributed by atoms with Gasteiger partial charge < -0.3 is 8.83 Å². The van der Waals surface area contributed by atoms with Gasteiger partial charge in [0.05, 0.1) is 11.4 Å². The van der Waals surface area contributed by atoms with Crippen molar-refractivity contribution >= 4 is 66.4 Å². The normalized spacial score (nSPS) is 11.1. The number of halogens is 1. The number of rotatable bonds is 3. The molecule has 4 heterocycles. The van der Waals surface area contributed by atoms with Gasteiger partial charge in [-0.15, -0.1) is 0 Å². The van der Waals surface area contributed by atoms with Crippen molar-refractivity contribution in [3.8, 4) is 22.5 Å². The fraction of sp³-hybridized carbons (Fsp3) is 0. The third-order valence-electron chi connectivity index (χ3n) is 6.93. The Morgan fingerprint density at radius 2 is 1.05 bits per heavy atom. The largest absolute Gasteiger partial charge is 0.438 e. The van der Waals surface area contributed by atoms with Gasteiger partial charge in [-0.25, -0.2) is 9.97 Å². The van der Waals surface area contributed by atoms with Crippen molar-refractivity contribution in [2.75, 3.05) is 0 Å². The van der Waals surface area contributed by atoms with Crippen LogP contribution in [0.1, 0.15) is 10.4 Å². The van der Waals surface area contributed by atoms with Crippen molar-refractivity contribution in [2.24, 2.45) is 0 Å². The highest BCUT2D eigenvalue weighted by Crippen LogP contribution is 2.32. The first-order chi connectivity index (χ1) is 20.2. The van der Waals surface area contributed by atoms with Crippen LogP contribution >= 0.6 is 15.9 Å². The molecule has 0 aliphatic heterocycles. The molecule has 0 aliphatic rings. The molecule has 4 aromatic heterocycles. The number of benzene rings is 4. The number of nitrogens with zero attached hydrogens (tertiary/aromatic N) is 2. The zero-order valence-corrected chi connectivity index (χ0v) is 23.2. The van der Waals surface area contributed by atoms with Crippen LogP contribution in [0, 0.1) is 0 Å². The molecule has 0 saturated heterocycles. The third kappa shape index (κ3) is 4.79. The van der Waals surface area contributed by atoms with Gasteiger partial charge in [0.2, 0.25) is 11.4 Å². The van der Waals surface area contributed by atoms with Gasteiger partial charge in [0, 0.05) is 42.7 Å². The SMILES string of the molecule is Brc1ccc2oc3nc(-c4ccccc4)ccc3c2c1.O=Cc1ccc2oc3nc(-c4ccccc4)ccc3c2c1. The van der Waals surface area contributed by atoms with E-state index in [0.717, 1.165) is 66.0 Å². The Balaban J connectivity index is 0.000000135. The molecule has 0 radical (unpaired) electrons. The predicted octanol–water partition coefficient (Wildman–Crippen LogP) is 9.87. The Morgan fingerprint density at radius 3 is 1.59 bits per heavy atom. The minimum atomic E-state index is 0.592. The summed E-state index contributed by atoms with van der Waals surface area (Å²) in [4.78, 5) is 20.1. The molecule has 0 amide bonds. The number of hydrogen-bond acceptors (Lipinski definition) is 5. The Labute approximate surface area is 243 Å². The molecule has 0 unspecified atom stereocenters. The van der Waals surface area contributed by atoms with Crippen molar-refractivity contribution in [3.05, 3.63) is 131 Å². The molecule has 0 aliphatic carbocycles. The number of fused-ring (bicyclic) bond motifs is 6. The summed E-state index contributed by atoms with van der Waals surface area (Å²) in [7, 11) is 0. The van der Waals surface area contributed by atoms with Gasteiger partial charge in [-0.1, -0.05) is 76.6 Å². The van der Waals surface area contributed by atoms with Crippen LogP contribution in [0.3, 0.4) is 0 Å². The van der Waals surface area contributed by atoms with Gasteiger partial charge in [-0.3, -0.25) is 4.79 Å². The van der Waals surface area contributed by atoms with Gasteiger partial charge in [0.15, 0.2) is 0 Å². The summed E-state index contributed by atoms with van der Waals surface area (Å²) >= 11 is 3.49. The Bertz CT molecular complexity index is 2180. The molecule has 41 heavy (non-hydrogen) atoms. The monoisotopic (exact) mass is 596 g/mol. The third-order valence-corrected chi connectivity index (χ3v) is 7.43. The van der Waals surface area contributed by atoms with Gasteiger partial charge in [0.1, 0.15) is 17.5 Å². The summed E-state index contributed by atoms with van der Waals surface area (Å²) < 4.78 is 12.7. The van der Waals surface area contributed by atoms with Crippen molar-refractivity contribution in [2.45, 2.75) is 0 Å². The van der Waals surface area contributed by atoms with E-state index in [1.165, 1.54) is 0 Å². The smallest absolute Gasteiger partial charge is 0.227 e. The fourth-order valence-corrected chi connectivity index (χ4v) is 5.28. The van der Waals surface area contributed by atoms with Crippen LogP contribution in [0.25, 0.3) is 66.7 Å². The second kappa shape index (κ2) is 10.5. The van der Waals surface area contributed by atoms with E-state index < -0.39 is 0 Å². The molecular weight excluding hydrogens is 576 g/mol. The minimum Gasteiger partial charge on any atom is -0.438 e. The Kier molecular flexibility index (Phi) is 6.38. The summed E-state index contributed by atoms with van der Waals surface area (Å²) in [5.41, 5.74) is 7.46. The number of hydrogen-bond donors (Lipinski definition) is 0. The van der Waals surface area contributed by atoms with E-state index in [4.69, 9.17) is 8.83 Å². The van der Waals surface area contributed by atoms with E-state index in [1.54, 1.807) is 6.07 Å². The first-order valence-electron chi connectivity index (χ1n) is 13.0. The van der Waals surface area contributed by atoms with Crippen LogP contribution in [0.4, 0.5) is 0 Å². The summed E-state index contributed by atoms with van der Waals surface area (Å²) in [6.45, 7) is 0. The Hall–Kier alpha value is -5.07. The summed E-state index contributed by atoms with van der Waals surface area (Å²) in [6, 6.07) is 39.5. The number of aromatic nitrogens is 2. The van der Waals surface area contributed by atoms with E-state index in [9.17, 15) is 4.79 Å². The average molecular weight is 597 g/mol. The minimum absolute atomic E-state index is 0.592. The molecule has 0 bridgehead atoms. The summed E-state index contributed by atoms with van der Waals surface area (Å²) in [5.74, 6) is 0. The molecule has 0 saturated carbocycles. The summed E-state index contributed by atoms with van der Waals surface area (Å²) in [5, 5.41) is 3.97. The maximum absolute atomic E-state index is 10.9. The molecule has 0 fully saturated rings. The lowest BCUT2D eigenvalue weighted by atomic mass is 10.1. The van der Waals surface area contributed by atoms with Gasteiger partial charge in [-0.2, -0.15) is 0 Å². The second-order valence-corrected chi connectivity index (χ2v) is 10.5. The van der Waals surface area contributed by atoms with Crippen LogP contribution < -0.4 is 0 Å². The van der Waals surface area contributed by atoms with Gasteiger partial charge in [-0.05, 0) is 60.7 Å². The molecule has 4 aromatic carbocycles. The molecule has 8 aromatic rings. The number of carbonyl (C=O) groups excluding carboxylic acids is 1. The number of furan rings is 2. The van der Waals surface area contributed by atoms with E-state index in [0.29, 0.717) is 17.0 Å². The zero-order chi connectivity index (χ0) is 27.8. The quantitative estimate of drug-likeness (QED) is 0.190. The van der Waals surface area contributed by atoms with E-state index >= 15 is 0 Å². The lowest BCUT2D eigenvalue weighted by molar-refractivity contribution is 0.112.